The first-order valence-corrected chi connectivity index (χ1v) is 11.1. The molecule has 0 spiro atoms. The zero-order valence-electron chi connectivity index (χ0n) is 17.4. The summed E-state index contributed by atoms with van der Waals surface area (Å²) >= 11 is 0. The van der Waals surface area contributed by atoms with E-state index in [1.807, 2.05) is 0 Å². The van der Waals surface area contributed by atoms with Gasteiger partial charge in [0.15, 0.2) is 11.5 Å². The second-order valence-corrected chi connectivity index (χ2v) is 8.62. The van der Waals surface area contributed by atoms with E-state index in [0.29, 0.717) is 24.9 Å². The number of benzene rings is 1. The molecule has 0 radical (unpaired) electrons. The molecule has 0 N–H and O–H groups in total. The Hall–Kier alpha value is -1.84. The fourth-order valence-electron chi connectivity index (χ4n) is 4.88. The van der Waals surface area contributed by atoms with Crippen LogP contribution >= 0.6 is 0 Å². The summed E-state index contributed by atoms with van der Waals surface area (Å²) in [5, 5.41) is 0. The molecule has 0 heterocycles. The summed E-state index contributed by atoms with van der Waals surface area (Å²) in [7, 11) is 0. The highest BCUT2D eigenvalue weighted by Gasteiger charge is 2.30. The molecule has 4 heteroatoms. The summed E-state index contributed by atoms with van der Waals surface area (Å²) in [6.45, 7) is 8.24. The Bertz CT molecular complexity index is 672. The van der Waals surface area contributed by atoms with Crippen LogP contribution in [0.4, 0.5) is 8.78 Å². The monoisotopic (exact) mass is 404 g/mol. The molecule has 160 valence electrons. The maximum absolute atomic E-state index is 14.3. The predicted octanol–water partition coefficient (Wildman–Crippen LogP) is 7.10. The fraction of sp³-hybridized carbons (Fsp3) is 0.600. The third-order valence-corrected chi connectivity index (χ3v) is 6.77. The Morgan fingerprint density at radius 2 is 1.38 bits per heavy atom. The van der Waals surface area contributed by atoms with E-state index in [0.717, 1.165) is 24.7 Å². The zero-order chi connectivity index (χ0) is 20.6. The van der Waals surface area contributed by atoms with E-state index >= 15 is 0 Å². The maximum Gasteiger partial charge on any atom is 0.204 e. The molecular weight excluding hydrogens is 370 g/mol. The highest BCUT2D eigenvalue weighted by atomic mass is 19.2. The van der Waals surface area contributed by atoms with Gasteiger partial charge >= 0.3 is 0 Å². The van der Waals surface area contributed by atoms with Crippen molar-refractivity contribution in [2.45, 2.75) is 57.8 Å². The van der Waals surface area contributed by atoms with E-state index in [4.69, 9.17) is 9.47 Å². The van der Waals surface area contributed by atoms with Crippen LogP contribution in [0.2, 0.25) is 0 Å². The van der Waals surface area contributed by atoms with Crippen molar-refractivity contribution in [3.63, 3.8) is 0 Å². The topological polar surface area (TPSA) is 18.5 Å². The number of halogens is 2. The van der Waals surface area contributed by atoms with Crippen LogP contribution in [0.3, 0.4) is 0 Å². The molecule has 0 aromatic heterocycles. The lowest BCUT2D eigenvalue weighted by Crippen LogP contribution is -2.27. The molecule has 1 aromatic carbocycles. The molecule has 0 aliphatic heterocycles. The molecular formula is C25H34F2O2. The summed E-state index contributed by atoms with van der Waals surface area (Å²) < 4.78 is 39.3. The van der Waals surface area contributed by atoms with Gasteiger partial charge in [0.1, 0.15) is 0 Å². The smallest absolute Gasteiger partial charge is 0.204 e. The van der Waals surface area contributed by atoms with Gasteiger partial charge in [-0.05, 0) is 93.6 Å². The van der Waals surface area contributed by atoms with Crippen molar-refractivity contribution in [3.8, 4) is 11.5 Å². The van der Waals surface area contributed by atoms with Gasteiger partial charge in [-0.25, -0.2) is 0 Å². The van der Waals surface area contributed by atoms with Crippen molar-refractivity contribution in [1.29, 1.82) is 0 Å². The number of rotatable bonds is 9. The SMILES string of the molecule is C=CCCOc1ccc(OCC2CCC(C3CCC(C=C)CC3)CC2)c(F)c1F. The van der Waals surface area contributed by atoms with Gasteiger partial charge in [0.2, 0.25) is 11.6 Å². The molecule has 0 bridgehead atoms. The minimum atomic E-state index is -0.981. The normalized spacial score (nSPS) is 27.2. The number of allylic oxidation sites excluding steroid dienone is 1. The molecule has 0 unspecified atom stereocenters. The lowest BCUT2D eigenvalue weighted by atomic mass is 9.69. The van der Waals surface area contributed by atoms with Crippen molar-refractivity contribution in [3.05, 3.63) is 49.1 Å². The second kappa shape index (κ2) is 10.8. The van der Waals surface area contributed by atoms with E-state index in [-0.39, 0.29) is 18.1 Å². The first-order chi connectivity index (χ1) is 14.1. The molecule has 2 aliphatic rings. The van der Waals surface area contributed by atoms with Gasteiger partial charge in [0.05, 0.1) is 13.2 Å². The fourth-order valence-corrected chi connectivity index (χ4v) is 4.88. The van der Waals surface area contributed by atoms with E-state index in [9.17, 15) is 8.78 Å². The van der Waals surface area contributed by atoms with Gasteiger partial charge in [-0.3, -0.25) is 0 Å². The minimum Gasteiger partial charge on any atom is -0.490 e. The van der Waals surface area contributed by atoms with Crippen LogP contribution in [0.1, 0.15) is 57.8 Å². The number of hydrogen-bond donors (Lipinski definition) is 0. The summed E-state index contributed by atoms with van der Waals surface area (Å²) in [6, 6.07) is 2.90. The second-order valence-electron chi connectivity index (χ2n) is 8.62. The third-order valence-electron chi connectivity index (χ3n) is 6.77. The molecule has 0 saturated heterocycles. The molecule has 2 fully saturated rings. The first-order valence-electron chi connectivity index (χ1n) is 11.1. The molecule has 2 nitrogen and oxygen atoms in total. The van der Waals surface area contributed by atoms with Gasteiger partial charge in [-0.2, -0.15) is 8.78 Å². The van der Waals surface area contributed by atoms with Gasteiger partial charge in [0, 0.05) is 0 Å². The highest BCUT2D eigenvalue weighted by molar-refractivity contribution is 5.35. The van der Waals surface area contributed by atoms with E-state index in [1.54, 1.807) is 6.08 Å². The molecule has 2 saturated carbocycles. The van der Waals surface area contributed by atoms with Crippen LogP contribution in [0.25, 0.3) is 0 Å². The Morgan fingerprint density at radius 3 is 1.93 bits per heavy atom. The Kier molecular flexibility index (Phi) is 8.14. The standard InChI is InChI=1S/C25H34F2O2/c1-3-5-16-28-22-14-15-23(25(27)24(22)26)29-17-19-8-12-21(13-9-19)20-10-6-18(4-2)7-11-20/h3-4,14-15,18-21H,1-2,5-13,16-17H2. The van der Waals surface area contributed by atoms with E-state index < -0.39 is 11.6 Å². The molecule has 0 amide bonds. The predicted molar refractivity (Wildman–Crippen MR) is 113 cm³/mol. The number of hydrogen-bond acceptors (Lipinski definition) is 2. The van der Waals surface area contributed by atoms with Crippen LogP contribution in [-0.2, 0) is 0 Å². The van der Waals surface area contributed by atoms with Gasteiger partial charge in [-0.1, -0.05) is 12.2 Å². The van der Waals surface area contributed by atoms with E-state index in [2.05, 4.69) is 19.2 Å². The van der Waals surface area contributed by atoms with Crippen molar-refractivity contribution in [2.24, 2.45) is 23.7 Å². The summed E-state index contributed by atoms with van der Waals surface area (Å²) in [5.41, 5.74) is 0. The minimum absolute atomic E-state index is 0.0246. The lowest BCUT2D eigenvalue weighted by Gasteiger charge is -2.37. The molecule has 0 atom stereocenters. The van der Waals surface area contributed by atoms with Crippen LogP contribution in [0.5, 0.6) is 11.5 Å². The highest BCUT2D eigenvalue weighted by Crippen LogP contribution is 2.41. The zero-order valence-corrected chi connectivity index (χ0v) is 17.4. The van der Waals surface area contributed by atoms with Crippen LogP contribution in [0, 0.1) is 35.3 Å². The van der Waals surface area contributed by atoms with Gasteiger partial charge in [0.25, 0.3) is 0 Å². The van der Waals surface area contributed by atoms with Crippen molar-refractivity contribution in [2.75, 3.05) is 13.2 Å². The summed E-state index contributed by atoms with van der Waals surface area (Å²) in [5.74, 6) is 0.754. The lowest BCUT2D eigenvalue weighted by molar-refractivity contribution is 0.127. The average molecular weight is 405 g/mol. The van der Waals surface area contributed by atoms with Crippen LogP contribution < -0.4 is 9.47 Å². The van der Waals surface area contributed by atoms with Crippen molar-refractivity contribution < 1.29 is 18.3 Å². The number of ether oxygens (including phenoxy) is 2. The molecule has 2 aliphatic carbocycles. The summed E-state index contributed by atoms with van der Waals surface area (Å²) in [6.07, 6.45) is 14.3. The van der Waals surface area contributed by atoms with Gasteiger partial charge in [-0.15, -0.1) is 13.2 Å². The van der Waals surface area contributed by atoms with Crippen molar-refractivity contribution >= 4 is 0 Å². The van der Waals surface area contributed by atoms with Gasteiger partial charge < -0.3 is 9.47 Å². The average Bonchev–Trinajstić information content (AvgIpc) is 2.77. The molecule has 3 rings (SSSR count). The first kappa shape index (κ1) is 21.9. The molecule has 29 heavy (non-hydrogen) atoms. The third kappa shape index (κ3) is 5.83. The Labute approximate surface area is 174 Å². The van der Waals surface area contributed by atoms with Crippen LogP contribution in [0.15, 0.2) is 37.4 Å². The maximum atomic E-state index is 14.3. The largest absolute Gasteiger partial charge is 0.490 e. The quantitative estimate of drug-likeness (QED) is 0.323. The molecule has 1 aromatic rings. The van der Waals surface area contributed by atoms with E-state index in [1.165, 1.54) is 50.7 Å². The Morgan fingerprint density at radius 1 is 0.828 bits per heavy atom. The van der Waals surface area contributed by atoms with Crippen LogP contribution in [-0.4, -0.2) is 13.2 Å². The van der Waals surface area contributed by atoms with Crippen molar-refractivity contribution in [1.82, 2.24) is 0 Å². The Balaban J connectivity index is 1.44. The summed E-state index contributed by atoms with van der Waals surface area (Å²) in [4.78, 5) is 0.